The van der Waals surface area contributed by atoms with Gasteiger partial charge in [0.25, 0.3) is 8.56 Å². The molecule has 0 unspecified atom stereocenters. The third-order valence-corrected chi connectivity index (χ3v) is 8.06. The van der Waals surface area contributed by atoms with E-state index in [1.165, 1.54) is 31.7 Å². The Labute approximate surface area is 121 Å². The first-order chi connectivity index (χ1) is 8.83. The van der Waals surface area contributed by atoms with E-state index in [1.807, 2.05) is 0 Å². The summed E-state index contributed by atoms with van der Waals surface area (Å²) in [6.45, 7) is 13.7. The topological polar surface area (TPSA) is 36.1 Å². The fourth-order valence-electron chi connectivity index (χ4n) is 3.32. The number of rotatable bonds is 8. The molecule has 1 fully saturated rings. The summed E-state index contributed by atoms with van der Waals surface area (Å²) in [6, 6.07) is 3.04. The van der Waals surface area contributed by atoms with E-state index < -0.39 is 8.56 Å². The zero-order valence-corrected chi connectivity index (χ0v) is 14.8. The van der Waals surface area contributed by atoms with Crippen LogP contribution in [0.4, 0.5) is 0 Å². The van der Waals surface area contributed by atoms with Gasteiger partial charge < -0.3 is 14.9 Å². The molecule has 0 atom stereocenters. The molecular weight excluding hydrogens is 250 g/mol. The van der Waals surface area contributed by atoms with E-state index in [0.29, 0.717) is 12.1 Å². The quantitative estimate of drug-likeness (QED) is 0.600. The average Bonchev–Trinajstić information content (AvgIpc) is 2.65. The van der Waals surface area contributed by atoms with Crippen LogP contribution in [0.1, 0.15) is 67.2 Å². The average molecular weight is 286 g/mol. The van der Waals surface area contributed by atoms with Crippen LogP contribution < -0.4 is 14.9 Å². The molecule has 0 aromatic heterocycles. The van der Waals surface area contributed by atoms with E-state index in [2.05, 4.69) is 56.5 Å². The summed E-state index contributed by atoms with van der Waals surface area (Å²) < 4.78 is 0. The lowest BCUT2D eigenvalue weighted by Gasteiger charge is -2.40. The maximum atomic E-state index is 4.04. The second-order valence-electron chi connectivity index (χ2n) is 7.23. The third kappa shape index (κ3) is 6.39. The minimum Gasteiger partial charge on any atom is -0.311 e. The molecule has 3 nitrogen and oxygen atoms in total. The van der Waals surface area contributed by atoms with Crippen molar-refractivity contribution in [2.24, 2.45) is 5.92 Å². The molecule has 1 aliphatic carbocycles. The van der Waals surface area contributed by atoms with E-state index in [0.717, 1.165) is 12.0 Å². The van der Waals surface area contributed by atoms with Gasteiger partial charge in [-0.3, -0.25) is 0 Å². The Bertz CT molecular complexity index is 221. The lowest BCUT2D eigenvalue weighted by atomic mass is 10.3. The first kappa shape index (κ1) is 17.1. The van der Waals surface area contributed by atoms with Crippen molar-refractivity contribution in [1.82, 2.24) is 14.9 Å². The predicted molar refractivity (Wildman–Crippen MR) is 87.3 cm³/mol. The molecule has 0 heterocycles. The highest BCUT2D eigenvalue weighted by Gasteiger charge is 2.38. The smallest absolute Gasteiger partial charge is 0.282 e. The molecule has 0 amide bonds. The van der Waals surface area contributed by atoms with Gasteiger partial charge in [-0.15, -0.1) is 0 Å². The molecule has 1 rings (SSSR count). The van der Waals surface area contributed by atoms with Crippen molar-refractivity contribution in [2.45, 2.75) is 91.4 Å². The summed E-state index contributed by atoms with van der Waals surface area (Å²) in [4.78, 5) is 11.8. The largest absolute Gasteiger partial charge is 0.311 e. The summed E-state index contributed by atoms with van der Waals surface area (Å²) in [5.74, 6) is 0.720. The molecule has 19 heavy (non-hydrogen) atoms. The van der Waals surface area contributed by atoms with Crippen molar-refractivity contribution in [3.05, 3.63) is 0 Å². The number of hydrogen-bond donors (Lipinski definition) is 3. The van der Waals surface area contributed by atoms with Crippen LogP contribution in [0.5, 0.6) is 0 Å². The van der Waals surface area contributed by atoms with Crippen LogP contribution in [0.2, 0.25) is 6.04 Å². The summed E-state index contributed by atoms with van der Waals surface area (Å²) in [5.41, 5.74) is 0. The minimum absolute atomic E-state index is 0.533. The first-order valence-corrected chi connectivity index (χ1v) is 10.4. The monoisotopic (exact) mass is 285 g/mol. The van der Waals surface area contributed by atoms with Gasteiger partial charge in [0.2, 0.25) is 0 Å². The van der Waals surface area contributed by atoms with Crippen molar-refractivity contribution in [2.75, 3.05) is 0 Å². The van der Waals surface area contributed by atoms with Gasteiger partial charge in [-0.1, -0.05) is 54.4 Å². The second kappa shape index (κ2) is 7.77. The molecule has 1 aliphatic rings. The van der Waals surface area contributed by atoms with Crippen molar-refractivity contribution in [1.29, 1.82) is 0 Å². The van der Waals surface area contributed by atoms with Gasteiger partial charge in [0.05, 0.1) is 0 Å². The fourth-order valence-corrected chi connectivity index (χ4v) is 8.10. The Hall–Kier alpha value is 0.0969. The maximum absolute atomic E-state index is 4.04. The highest BCUT2D eigenvalue weighted by Crippen LogP contribution is 2.21. The van der Waals surface area contributed by atoms with Crippen LogP contribution in [-0.4, -0.2) is 26.7 Å². The third-order valence-electron chi connectivity index (χ3n) is 3.59. The van der Waals surface area contributed by atoms with Gasteiger partial charge in [-0.25, -0.2) is 0 Å². The lowest BCUT2D eigenvalue weighted by molar-refractivity contribution is 0.540. The molecule has 0 bridgehead atoms. The maximum Gasteiger partial charge on any atom is 0.282 e. The standard InChI is InChI=1S/C15H35N3Si/c1-12(2)11-19(16-13(3)4,17-14(5)6)18-15-9-7-8-10-15/h12-18H,7-11H2,1-6H3. The minimum atomic E-state index is -1.80. The molecule has 114 valence electrons. The Morgan fingerprint density at radius 3 is 1.74 bits per heavy atom. The highest BCUT2D eigenvalue weighted by atomic mass is 28.4. The van der Waals surface area contributed by atoms with Crippen molar-refractivity contribution in [3.63, 3.8) is 0 Å². The Balaban J connectivity index is 2.80. The van der Waals surface area contributed by atoms with Gasteiger partial charge in [-0.05, 0) is 36.9 Å². The molecule has 0 spiro atoms. The molecule has 0 aromatic carbocycles. The van der Waals surface area contributed by atoms with Crippen LogP contribution >= 0.6 is 0 Å². The SMILES string of the molecule is CC(C)C[Si](NC(C)C)(NC(C)C)NC1CCCC1. The summed E-state index contributed by atoms with van der Waals surface area (Å²) in [5, 5.41) is 0. The molecule has 3 N–H and O–H groups in total. The zero-order chi connectivity index (χ0) is 14.5. The van der Waals surface area contributed by atoms with E-state index in [4.69, 9.17) is 0 Å². The van der Waals surface area contributed by atoms with Gasteiger partial charge >= 0.3 is 0 Å². The van der Waals surface area contributed by atoms with Crippen molar-refractivity contribution >= 4 is 8.56 Å². The molecule has 0 aliphatic heterocycles. The number of hydrogen-bond acceptors (Lipinski definition) is 3. The zero-order valence-electron chi connectivity index (χ0n) is 13.8. The second-order valence-corrected chi connectivity index (χ2v) is 10.3. The van der Waals surface area contributed by atoms with Gasteiger partial charge in [-0.2, -0.15) is 0 Å². The summed E-state index contributed by atoms with van der Waals surface area (Å²) in [6.07, 6.45) is 5.50. The van der Waals surface area contributed by atoms with E-state index in [-0.39, 0.29) is 0 Å². The van der Waals surface area contributed by atoms with Gasteiger partial charge in [0, 0.05) is 6.04 Å². The highest BCUT2D eigenvalue weighted by molar-refractivity contribution is 6.72. The van der Waals surface area contributed by atoms with Crippen LogP contribution in [0.25, 0.3) is 0 Å². The Morgan fingerprint density at radius 2 is 1.37 bits per heavy atom. The van der Waals surface area contributed by atoms with E-state index in [1.54, 1.807) is 0 Å². The molecule has 1 saturated carbocycles. The normalized spacial score (nSPS) is 18.2. The first-order valence-electron chi connectivity index (χ1n) is 8.16. The Kier molecular flexibility index (Phi) is 7.01. The van der Waals surface area contributed by atoms with Gasteiger partial charge in [0.15, 0.2) is 0 Å². The van der Waals surface area contributed by atoms with Crippen LogP contribution in [-0.2, 0) is 0 Å². The Morgan fingerprint density at radius 1 is 0.895 bits per heavy atom. The summed E-state index contributed by atoms with van der Waals surface area (Å²) in [7, 11) is -1.80. The molecular formula is C15H35N3Si. The molecule has 0 aromatic rings. The van der Waals surface area contributed by atoms with Crippen molar-refractivity contribution in [3.8, 4) is 0 Å². The molecule has 0 radical (unpaired) electrons. The van der Waals surface area contributed by atoms with Crippen LogP contribution in [0, 0.1) is 5.92 Å². The van der Waals surface area contributed by atoms with Crippen LogP contribution in [0.3, 0.4) is 0 Å². The van der Waals surface area contributed by atoms with Crippen LogP contribution in [0.15, 0.2) is 0 Å². The van der Waals surface area contributed by atoms with E-state index >= 15 is 0 Å². The van der Waals surface area contributed by atoms with E-state index in [9.17, 15) is 0 Å². The predicted octanol–water partition coefficient (Wildman–Crippen LogP) is 3.11. The van der Waals surface area contributed by atoms with Gasteiger partial charge in [0.1, 0.15) is 0 Å². The summed E-state index contributed by atoms with van der Waals surface area (Å²) >= 11 is 0. The number of nitrogens with one attached hydrogen (secondary N) is 3. The molecule has 4 heteroatoms. The van der Waals surface area contributed by atoms with Crippen molar-refractivity contribution < 1.29 is 0 Å². The lowest BCUT2D eigenvalue weighted by Crippen LogP contribution is -2.76. The fraction of sp³-hybridized carbons (Fsp3) is 1.00. The molecule has 0 saturated heterocycles.